The summed E-state index contributed by atoms with van der Waals surface area (Å²) in [6.07, 6.45) is -0.274. The monoisotopic (exact) mass is 324 g/mol. The lowest BCUT2D eigenvalue weighted by Crippen LogP contribution is -2.31. The molecule has 1 aliphatic rings. The largest absolute Gasteiger partial charge is 0.408 e. The third-order valence-corrected chi connectivity index (χ3v) is 3.65. The van der Waals surface area contributed by atoms with Crippen LogP contribution in [0.25, 0.3) is 0 Å². The Hall–Kier alpha value is -1.28. The van der Waals surface area contributed by atoms with Gasteiger partial charge in [0, 0.05) is 12.6 Å². The zero-order valence-electron chi connectivity index (χ0n) is 11.2. The Bertz CT molecular complexity index is 540. The van der Waals surface area contributed by atoms with Gasteiger partial charge in [-0.25, -0.2) is 4.68 Å². The number of aromatic nitrogens is 2. The standard InChI is InChI=1S/C12H16ClF3N4O/c13-10-9(18-5-3-8-2-1-4-17-8)6-19-20(11(10)21)7-12(14,15)16/h6,8,17-18H,1-5,7H2. The van der Waals surface area contributed by atoms with Crippen molar-refractivity contribution < 1.29 is 13.2 Å². The predicted octanol–water partition coefficient (Wildman–Crippen LogP) is 2.01. The Labute approximate surface area is 124 Å². The van der Waals surface area contributed by atoms with Crippen molar-refractivity contribution in [2.24, 2.45) is 0 Å². The van der Waals surface area contributed by atoms with E-state index < -0.39 is 18.3 Å². The Morgan fingerprint density at radius 2 is 2.29 bits per heavy atom. The molecular weight excluding hydrogens is 309 g/mol. The first kappa shape index (κ1) is 16.1. The molecule has 1 aromatic rings. The molecule has 118 valence electrons. The molecule has 1 atom stereocenters. The smallest absolute Gasteiger partial charge is 0.382 e. The van der Waals surface area contributed by atoms with Crippen LogP contribution >= 0.6 is 11.6 Å². The predicted molar refractivity (Wildman–Crippen MR) is 73.7 cm³/mol. The summed E-state index contributed by atoms with van der Waals surface area (Å²) in [6.45, 7) is 0.125. The first-order valence-corrected chi connectivity index (χ1v) is 7.04. The highest BCUT2D eigenvalue weighted by Gasteiger charge is 2.29. The normalized spacial score (nSPS) is 19.0. The third-order valence-electron chi connectivity index (χ3n) is 3.28. The number of nitrogens with one attached hydrogen (secondary N) is 2. The van der Waals surface area contributed by atoms with E-state index >= 15 is 0 Å². The fourth-order valence-corrected chi connectivity index (χ4v) is 2.47. The minimum absolute atomic E-state index is 0.262. The SMILES string of the molecule is O=c1c(Cl)c(NCCC2CCCN2)cnn1CC(F)(F)F. The van der Waals surface area contributed by atoms with Crippen LogP contribution in [-0.4, -0.2) is 35.1 Å². The topological polar surface area (TPSA) is 59.0 Å². The second-order valence-corrected chi connectivity index (χ2v) is 5.34. The molecule has 1 aliphatic heterocycles. The lowest BCUT2D eigenvalue weighted by Gasteiger charge is -2.13. The molecule has 0 aliphatic carbocycles. The maximum atomic E-state index is 12.3. The molecule has 0 saturated carbocycles. The molecule has 2 heterocycles. The average molecular weight is 325 g/mol. The zero-order chi connectivity index (χ0) is 15.5. The second kappa shape index (κ2) is 6.65. The van der Waals surface area contributed by atoms with E-state index in [0.717, 1.165) is 32.0 Å². The van der Waals surface area contributed by atoms with Gasteiger partial charge in [-0.05, 0) is 25.8 Å². The maximum Gasteiger partial charge on any atom is 0.408 e. The van der Waals surface area contributed by atoms with Gasteiger partial charge in [0.25, 0.3) is 5.56 Å². The molecule has 0 aromatic carbocycles. The molecule has 2 rings (SSSR count). The van der Waals surface area contributed by atoms with Gasteiger partial charge in [-0.1, -0.05) is 11.6 Å². The molecular formula is C12H16ClF3N4O. The van der Waals surface area contributed by atoms with E-state index in [-0.39, 0.29) is 10.7 Å². The van der Waals surface area contributed by atoms with Crippen molar-refractivity contribution in [2.45, 2.75) is 38.0 Å². The van der Waals surface area contributed by atoms with Crippen LogP contribution in [0.4, 0.5) is 18.9 Å². The highest BCUT2D eigenvalue weighted by Crippen LogP contribution is 2.19. The lowest BCUT2D eigenvalue weighted by atomic mass is 10.1. The van der Waals surface area contributed by atoms with Gasteiger partial charge in [-0.3, -0.25) is 4.79 Å². The molecule has 2 N–H and O–H groups in total. The number of hydrogen-bond donors (Lipinski definition) is 2. The van der Waals surface area contributed by atoms with Gasteiger partial charge in [-0.15, -0.1) is 0 Å². The summed E-state index contributed by atoms with van der Waals surface area (Å²) in [6, 6.07) is 0.426. The van der Waals surface area contributed by atoms with Gasteiger partial charge in [0.15, 0.2) is 0 Å². The van der Waals surface area contributed by atoms with Crippen molar-refractivity contribution in [3.63, 3.8) is 0 Å². The van der Waals surface area contributed by atoms with E-state index in [9.17, 15) is 18.0 Å². The highest BCUT2D eigenvalue weighted by molar-refractivity contribution is 6.32. The van der Waals surface area contributed by atoms with Gasteiger partial charge in [0.2, 0.25) is 0 Å². The minimum atomic E-state index is -4.51. The van der Waals surface area contributed by atoms with Crippen LogP contribution in [0.3, 0.4) is 0 Å². The number of anilines is 1. The van der Waals surface area contributed by atoms with Crippen LogP contribution in [0.1, 0.15) is 19.3 Å². The van der Waals surface area contributed by atoms with Crippen LogP contribution in [0.15, 0.2) is 11.0 Å². The van der Waals surface area contributed by atoms with E-state index in [0.29, 0.717) is 17.3 Å². The van der Waals surface area contributed by atoms with Gasteiger partial charge < -0.3 is 10.6 Å². The van der Waals surface area contributed by atoms with E-state index in [1.54, 1.807) is 0 Å². The highest BCUT2D eigenvalue weighted by atomic mass is 35.5. The third kappa shape index (κ3) is 4.60. The summed E-state index contributed by atoms with van der Waals surface area (Å²) in [4.78, 5) is 11.7. The Balaban J connectivity index is 1.97. The number of hydrogen-bond acceptors (Lipinski definition) is 4. The van der Waals surface area contributed by atoms with Crippen molar-refractivity contribution in [3.05, 3.63) is 21.6 Å². The number of halogens is 4. The molecule has 0 spiro atoms. The number of rotatable bonds is 5. The van der Waals surface area contributed by atoms with Crippen molar-refractivity contribution >= 4 is 17.3 Å². The van der Waals surface area contributed by atoms with Crippen LogP contribution < -0.4 is 16.2 Å². The fourth-order valence-electron chi connectivity index (χ4n) is 2.25. The summed E-state index contributed by atoms with van der Waals surface area (Å²) in [5, 5.41) is 9.49. The molecule has 1 saturated heterocycles. The molecule has 0 bridgehead atoms. The Morgan fingerprint density at radius 3 is 2.90 bits per heavy atom. The summed E-state index contributed by atoms with van der Waals surface area (Å²) >= 11 is 5.80. The number of alkyl halides is 3. The molecule has 21 heavy (non-hydrogen) atoms. The molecule has 9 heteroatoms. The number of nitrogens with zero attached hydrogens (tertiary/aromatic N) is 2. The average Bonchev–Trinajstić information content (AvgIpc) is 2.89. The molecule has 1 unspecified atom stereocenters. The van der Waals surface area contributed by atoms with E-state index in [2.05, 4.69) is 15.7 Å². The van der Waals surface area contributed by atoms with Gasteiger partial charge in [-0.2, -0.15) is 18.3 Å². The van der Waals surface area contributed by atoms with Crippen molar-refractivity contribution in [1.82, 2.24) is 15.1 Å². The van der Waals surface area contributed by atoms with Crippen molar-refractivity contribution in [1.29, 1.82) is 0 Å². The Morgan fingerprint density at radius 1 is 1.52 bits per heavy atom. The summed E-state index contributed by atoms with van der Waals surface area (Å²) in [5.41, 5.74) is -0.684. The van der Waals surface area contributed by atoms with E-state index in [4.69, 9.17) is 11.6 Å². The van der Waals surface area contributed by atoms with Crippen LogP contribution in [0.5, 0.6) is 0 Å². The van der Waals surface area contributed by atoms with Crippen LogP contribution in [-0.2, 0) is 6.54 Å². The molecule has 1 fully saturated rings. The van der Waals surface area contributed by atoms with Crippen molar-refractivity contribution in [3.8, 4) is 0 Å². The molecule has 1 aromatic heterocycles. The quantitative estimate of drug-likeness (QED) is 0.870. The summed E-state index contributed by atoms with van der Waals surface area (Å²) in [7, 11) is 0. The van der Waals surface area contributed by atoms with Crippen molar-refractivity contribution in [2.75, 3.05) is 18.4 Å². The zero-order valence-corrected chi connectivity index (χ0v) is 12.0. The first-order valence-electron chi connectivity index (χ1n) is 6.66. The summed E-state index contributed by atoms with van der Waals surface area (Å²) < 4.78 is 37.1. The van der Waals surface area contributed by atoms with Gasteiger partial charge in [0.05, 0.1) is 11.9 Å². The van der Waals surface area contributed by atoms with E-state index in [1.807, 2.05) is 0 Å². The molecule has 0 radical (unpaired) electrons. The second-order valence-electron chi connectivity index (χ2n) is 4.96. The first-order chi connectivity index (χ1) is 9.87. The minimum Gasteiger partial charge on any atom is -0.382 e. The fraction of sp³-hybridized carbons (Fsp3) is 0.667. The lowest BCUT2D eigenvalue weighted by molar-refractivity contribution is -0.143. The van der Waals surface area contributed by atoms with Crippen LogP contribution in [0, 0.1) is 0 Å². The van der Waals surface area contributed by atoms with Gasteiger partial charge >= 0.3 is 6.18 Å². The summed E-state index contributed by atoms with van der Waals surface area (Å²) in [5.74, 6) is 0. The Kier molecular flexibility index (Phi) is 5.10. The van der Waals surface area contributed by atoms with E-state index in [1.165, 1.54) is 0 Å². The molecule has 0 amide bonds. The molecule has 5 nitrogen and oxygen atoms in total. The van der Waals surface area contributed by atoms with Crippen LogP contribution in [0.2, 0.25) is 5.02 Å². The van der Waals surface area contributed by atoms with Gasteiger partial charge in [0.1, 0.15) is 11.6 Å². The maximum absolute atomic E-state index is 12.3.